The van der Waals surface area contributed by atoms with Gasteiger partial charge < -0.3 is 10.2 Å². The van der Waals surface area contributed by atoms with Crippen LogP contribution in [0.15, 0.2) is 42.5 Å². The zero-order valence-corrected chi connectivity index (χ0v) is 11.1. The SMILES string of the molecule is O=C(Nc1ccc(N2CCCC2)nn1)c1ccccc1. The normalized spacial score (nSPS) is 14.3. The van der Waals surface area contributed by atoms with Crippen LogP contribution in [-0.4, -0.2) is 29.2 Å². The van der Waals surface area contributed by atoms with Crippen LogP contribution in [0.4, 0.5) is 11.6 Å². The maximum Gasteiger partial charge on any atom is 0.256 e. The Bertz CT molecular complexity index is 577. The molecule has 0 atom stereocenters. The van der Waals surface area contributed by atoms with Gasteiger partial charge in [0.15, 0.2) is 11.6 Å². The summed E-state index contributed by atoms with van der Waals surface area (Å²) in [5, 5.41) is 11.0. The van der Waals surface area contributed by atoms with E-state index in [1.807, 2.05) is 24.3 Å². The van der Waals surface area contributed by atoms with E-state index in [1.165, 1.54) is 12.8 Å². The smallest absolute Gasteiger partial charge is 0.256 e. The largest absolute Gasteiger partial charge is 0.355 e. The monoisotopic (exact) mass is 268 g/mol. The molecule has 2 aromatic rings. The van der Waals surface area contributed by atoms with Crippen molar-refractivity contribution < 1.29 is 4.79 Å². The summed E-state index contributed by atoms with van der Waals surface area (Å²) in [5.74, 6) is 1.18. The van der Waals surface area contributed by atoms with Crippen LogP contribution >= 0.6 is 0 Å². The molecule has 20 heavy (non-hydrogen) atoms. The predicted octanol–water partition coefficient (Wildman–Crippen LogP) is 2.33. The molecule has 1 aromatic heterocycles. The Balaban J connectivity index is 1.67. The quantitative estimate of drug-likeness (QED) is 0.928. The molecule has 2 heterocycles. The maximum absolute atomic E-state index is 12.0. The Morgan fingerprint density at radius 2 is 1.75 bits per heavy atom. The molecule has 0 aliphatic carbocycles. The van der Waals surface area contributed by atoms with E-state index in [0.29, 0.717) is 11.4 Å². The van der Waals surface area contributed by atoms with Gasteiger partial charge in [0, 0.05) is 18.7 Å². The molecule has 1 saturated heterocycles. The molecule has 1 amide bonds. The highest BCUT2D eigenvalue weighted by Crippen LogP contribution is 2.17. The van der Waals surface area contributed by atoms with Crippen molar-refractivity contribution >= 4 is 17.5 Å². The standard InChI is InChI=1S/C15H16N4O/c20-15(12-6-2-1-3-7-12)16-13-8-9-14(18-17-13)19-10-4-5-11-19/h1-3,6-9H,4-5,10-11H2,(H,16,17,20). The lowest BCUT2D eigenvalue weighted by atomic mass is 10.2. The van der Waals surface area contributed by atoms with E-state index in [-0.39, 0.29) is 5.91 Å². The zero-order chi connectivity index (χ0) is 13.8. The van der Waals surface area contributed by atoms with Crippen molar-refractivity contribution in [3.8, 4) is 0 Å². The molecule has 1 aliphatic rings. The molecule has 5 nitrogen and oxygen atoms in total. The van der Waals surface area contributed by atoms with Gasteiger partial charge in [-0.25, -0.2) is 0 Å². The summed E-state index contributed by atoms with van der Waals surface area (Å²) in [5.41, 5.74) is 0.609. The Morgan fingerprint density at radius 3 is 2.40 bits per heavy atom. The predicted molar refractivity (Wildman–Crippen MR) is 77.9 cm³/mol. The van der Waals surface area contributed by atoms with E-state index in [2.05, 4.69) is 20.4 Å². The average molecular weight is 268 g/mol. The minimum absolute atomic E-state index is 0.172. The lowest BCUT2D eigenvalue weighted by Gasteiger charge is -2.15. The fourth-order valence-electron chi connectivity index (χ4n) is 2.28. The highest BCUT2D eigenvalue weighted by molar-refractivity contribution is 6.03. The fraction of sp³-hybridized carbons (Fsp3) is 0.267. The first-order chi connectivity index (χ1) is 9.83. The third kappa shape index (κ3) is 2.77. The molecule has 102 valence electrons. The number of rotatable bonds is 3. The topological polar surface area (TPSA) is 58.1 Å². The third-order valence-electron chi connectivity index (χ3n) is 3.36. The van der Waals surface area contributed by atoms with Crippen LogP contribution in [0.2, 0.25) is 0 Å². The van der Waals surface area contributed by atoms with E-state index >= 15 is 0 Å². The van der Waals surface area contributed by atoms with Crippen LogP contribution in [0.1, 0.15) is 23.2 Å². The molecule has 5 heteroatoms. The number of hydrogen-bond acceptors (Lipinski definition) is 4. The van der Waals surface area contributed by atoms with Crippen LogP contribution < -0.4 is 10.2 Å². The molecule has 3 rings (SSSR count). The van der Waals surface area contributed by atoms with Crippen molar-refractivity contribution in [2.75, 3.05) is 23.3 Å². The molecule has 1 aliphatic heterocycles. The summed E-state index contributed by atoms with van der Waals surface area (Å²) in [7, 11) is 0. The van der Waals surface area contributed by atoms with E-state index in [1.54, 1.807) is 18.2 Å². The Labute approximate surface area is 117 Å². The van der Waals surface area contributed by atoms with Gasteiger partial charge in [-0.2, -0.15) is 0 Å². The number of nitrogens with one attached hydrogen (secondary N) is 1. The number of aromatic nitrogens is 2. The van der Waals surface area contributed by atoms with Gasteiger partial charge >= 0.3 is 0 Å². The molecular formula is C15H16N4O. The maximum atomic E-state index is 12.0. The molecule has 0 saturated carbocycles. The summed E-state index contributed by atoms with van der Waals surface area (Å²) in [6, 6.07) is 12.8. The van der Waals surface area contributed by atoms with Gasteiger partial charge in [0.2, 0.25) is 0 Å². The van der Waals surface area contributed by atoms with Gasteiger partial charge in [-0.15, -0.1) is 10.2 Å². The van der Waals surface area contributed by atoms with Crippen LogP contribution in [0.5, 0.6) is 0 Å². The first kappa shape index (κ1) is 12.6. The average Bonchev–Trinajstić information content (AvgIpc) is 3.03. The number of carbonyl (C=O) groups excluding carboxylic acids is 1. The van der Waals surface area contributed by atoms with E-state index in [9.17, 15) is 4.79 Å². The van der Waals surface area contributed by atoms with Gasteiger partial charge in [-0.05, 0) is 37.1 Å². The second-order valence-corrected chi connectivity index (χ2v) is 4.79. The number of hydrogen-bond donors (Lipinski definition) is 1. The third-order valence-corrected chi connectivity index (χ3v) is 3.36. The number of benzene rings is 1. The number of anilines is 2. The Kier molecular flexibility index (Phi) is 3.58. The highest BCUT2D eigenvalue weighted by atomic mass is 16.1. The minimum Gasteiger partial charge on any atom is -0.355 e. The lowest BCUT2D eigenvalue weighted by molar-refractivity contribution is 0.102. The van der Waals surface area contributed by atoms with Crippen LogP contribution in [0.3, 0.4) is 0 Å². The molecule has 0 radical (unpaired) electrons. The van der Waals surface area contributed by atoms with Gasteiger partial charge in [0.05, 0.1) is 0 Å². The summed E-state index contributed by atoms with van der Waals surface area (Å²) >= 11 is 0. The Morgan fingerprint density at radius 1 is 1.00 bits per heavy atom. The summed E-state index contributed by atoms with van der Waals surface area (Å²) in [6.45, 7) is 2.06. The van der Waals surface area contributed by atoms with Gasteiger partial charge in [0.25, 0.3) is 5.91 Å². The van der Waals surface area contributed by atoms with Crippen molar-refractivity contribution in [3.05, 3.63) is 48.0 Å². The lowest BCUT2D eigenvalue weighted by Crippen LogP contribution is -2.20. The minimum atomic E-state index is -0.172. The molecule has 0 unspecified atom stereocenters. The van der Waals surface area contributed by atoms with Crippen LogP contribution in [-0.2, 0) is 0 Å². The number of amides is 1. The summed E-state index contributed by atoms with van der Waals surface area (Å²) < 4.78 is 0. The van der Waals surface area contributed by atoms with E-state index in [0.717, 1.165) is 18.9 Å². The zero-order valence-electron chi connectivity index (χ0n) is 11.1. The molecule has 1 fully saturated rings. The van der Waals surface area contributed by atoms with Crippen LogP contribution in [0, 0.1) is 0 Å². The van der Waals surface area contributed by atoms with Crippen LogP contribution in [0.25, 0.3) is 0 Å². The molecule has 1 aromatic carbocycles. The molecule has 0 bridgehead atoms. The first-order valence-corrected chi connectivity index (χ1v) is 6.78. The Hall–Kier alpha value is -2.43. The van der Waals surface area contributed by atoms with Crippen molar-refractivity contribution in [3.63, 3.8) is 0 Å². The van der Waals surface area contributed by atoms with Crippen molar-refractivity contribution in [2.24, 2.45) is 0 Å². The van der Waals surface area contributed by atoms with Gasteiger partial charge in [-0.1, -0.05) is 18.2 Å². The fourth-order valence-corrected chi connectivity index (χ4v) is 2.28. The van der Waals surface area contributed by atoms with Gasteiger partial charge in [-0.3, -0.25) is 4.79 Å². The molecular weight excluding hydrogens is 252 g/mol. The number of carbonyl (C=O) groups is 1. The van der Waals surface area contributed by atoms with Gasteiger partial charge in [0.1, 0.15) is 0 Å². The second-order valence-electron chi connectivity index (χ2n) is 4.79. The molecule has 0 spiro atoms. The van der Waals surface area contributed by atoms with Crippen molar-refractivity contribution in [1.82, 2.24) is 10.2 Å². The number of nitrogens with zero attached hydrogens (tertiary/aromatic N) is 3. The van der Waals surface area contributed by atoms with Crippen molar-refractivity contribution in [2.45, 2.75) is 12.8 Å². The van der Waals surface area contributed by atoms with E-state index < -0.39 is 0 Å². The summed E-state index contributed by atoms with van der Waals surface area (Å²) in [4.78, 5) is 14.2. The summed E-state index contributed by atoms with van der Waals surface area (Å²) in [6.07, 6.45) is 2.41. The highest BCUT2D eigenvalue weighted by Gasteiger charge is 2.14. The first-order valence-electron chi connectivity index (χ1n) is 6.78. The molecule has 1 N–H and O–H groups in total. The van der Waals surface area contributed by atoms with E-state index in [4.69, 9.17) is 0 Å². The second kappa shape index (κ2) is 5.69. The van der Waals surface area contributed by atoms with Crippen molar-refractivity contribution in [1.29, 1.82) is 0 Å².